The Hall–Kier alpha value is -0.720. The lowest BCUT2D eigenvalue weighted by molar-refractivity contribution is 0.655. The summed E-state index contributed by atoms with van der Waals surface area (Å²) in [4.78, 5) is 1.09. The number of thiophene rings is 1. The summed E-state index contributed by atoms with van der Waals surface area (Å²) in [5.41, 5.74) is 0. The highest BCUT2D eigenvalue weighted by molar-refractivity contribution is 7.84. The third kappa shape index (κ3) is 2.45. The molecule has 0 saturated carbocycles. The predicted molar refractivity (Wildman–Crippen MR) is 60.8 cm³/mol. The van der Waals surface area contributed by atoms with Gasteiger partial charge < -0.3 is 4.57 Å². The summed E-state index contributed by atoms with van der Waals surface area (Å²) in [6.45, 7) is 0.610. The molecule has 0 saturated heterocycles. The van der Waals surface area contributed by atoms with Crippen molar-refractivity contribution in [2.45, 2.75) is 11.7 Å². The van der Waals surface area contributed by atoms with Gasteiger partial charge in [0.15, 0.2) is 0 Å². The Bertz CT molecular complexity index is 494. The number of hydrogen-bond donors (Lipinski definition) is 0. The second-order valence-corrected chi connectivity index (χ2v) is 5.97. The number of hydrogen-bond acceptors (Lipinski definition) is 4. The summed E-state index contributed by atoms with van der Waals surface area (Å²) in [7, 11) is -1.12. The van der Waals surface area contributed by atoms with E-state index >= 15 is 0 Å². The second kappa shape index (κ2) is 4.42. The van der Waals surface area contributed by atoms with Gasteiger partial charge in [0.2, 0.25) is 5.16 Å². The first-order chi connectivity index (χ1) is 7.16. The molecule has 2 heterocycles. The lowest BCUT2D eigenvalue weighted by Crippen LogP contribution is -2.04. The monoisotopic (exact) mass is 261 g/mol. The van der Waals surface area contributed by atoms with Crippen molar-refractivity contribution < 1.29 is 4.21 Å². The van der Waals surface area contributed by atoms with Crippen molar-refractivity contribution in [3.8, 4) is 0 Å². The van der Waals surface area contributed by atoms with Crippen LogP contribution in [0.15, 0.2) is 23.6 Å². The zero-order chi connectivity index (χ0) is 10.8. The molecule has 0 bridgehead atoms. The molecule has 15 heavy (non-hydrogen) atoms. The van der Waals surface area contributed by atoms with Crippen molar-refractivity contribution in [1.82, 2.24) is 14.8 Å². The first-order valence-corrected chi connectivity index (χ1v) is 6.87. The summed E-state index contributed by atoms with van der Waals surface area (Å²) in [6.07, 6.45) is 3.16. The maximum atomic E-state index is 11.3. The summed E-state index contributed by atoms with van der Waals surface area (Å²) in [5.74, 6) is 0. The fraction of sp³-hybridized carbons (Fsp3) is 0.250. The summed E-state index contributed by atoms with van der Waals surface area (Å²) < 4.78 is 13.8. The quantitative estimate of drug-likeness (QED) is 0.846. The Balaban J connectivity index is 2.24. The molecule has 0 aliphatic rings. The van der Waals surface area contributed by atoms with Gasteiger partial charge in [-0.25, -0.2) is 0 Å². The lowest BCUT2D eigenvalue weighted by atomic mass is 10.5. The minimum Gasteiger partial charge on any atom is -0.301 e. The van der Waals surface area contributed by atoms with Gasteiger partial charge in [0, 0.05) is 11.1 Å². The molecule has 0 unspecified atom stereocenters. The normalized spacial score (nSPS) is 12.9. The highest BCUT2D eigenvalue weighted by Crippen LogP contribution is 2.22. The van der Waals surface area contributed by atoms with E-state index in [1.807, 2.05) is 12.1 Å². The van der Waals surface area contributed by atoms with Crippen molar-refractivity contribution in [2.75, 3.05) is 6.26 Å². The van der Waals surface area contributed by atoms with Crippen molar-refractivity contribution in [2.24, 2.45) is 0 Å². The van der Waals surface area contributed by atoms with Crippen molar-refractivity contribution in [3.05, 3.63) is 27.7 Å². The number of aromatic nitrogens is 3. The van der Waals surface area contributed by atoms with E-state index in [0.29, 0.717) is 11.7 Å². The van der Waals surface area contributed by atoms with Crippen LogP contribution in [0.5, 0.6) is 0 Å². The highest BCUT2D eigenvalue weighted by Gasteiger charge is 2.09. The molecule has 0 aliphatic heterocycles. The molecule has 0 radical (unpaired) electrons. The van der Waals surface area contributed by atoms with Crippen LogP contribution in [-0.2, 0) is 17.3 Å². The van der Waals surface area contributed by atoms with E-state index < -0.39 is 10.8 Å². The third-order valence-corrected chi connectivity index (χ3v) is 3.84. The van der Waals surface area contributed by atoms with Gasteiger partial charge in [-0.2, -0.15) is 0 Å². The topological polar surface area (TPSA) is 47.8 Å². The van der Waals surface area contributed by atoms with Crippen molar-refractivity contribution >= 4 is 33.7 Å². The van der Waals surface area contributed by atoms with Gasteiger partial charge in [0.25, 0.3) is 0 Å². The van der Waals surface area contributed by atoms with Crippen LogP contribution in [0.1, 0.15) is 4.88 Å². The Morgan fingerprint density at radius 3 is 3.00 bits per heavy atom. The largest absolute Gasteiger partial charge is 0.301 e. The summed E-state index contributed by atoms with van der Waals surface area (Å²) in [6, 6.07) is 3.78. The van der Waals surface area contributed by atoms with E-state index in [9.17, 15) is 4.21 Å². The van der Waals surface area contributed by atoms with Crippen LogP contribution in [0.25, 0.3) is 0 Å². The molecule has 0 N–H and O–H groups in total. The minimum absolute atomic E-state index is 0.486. The van der Waals surface area contributed by atoms with Crippen LogP contribution < -0.4 is 0 Å². The van der Waals surface area contributed by atoms with Gasteiger partial charge >= 0.3 is 0 Å². The molecular weight excluding hydrogens is 254 g/mol. The second-order valence-electron chi connectivity index (χ2n) is 2.90. The van der Waals surface area contributed by atoms with E-state index in [4.69, 9.17) is 11.6 Å². The van der Waals surface area contributed by atoms with Crippen LogP contribution >= 0.6 is 22.9 Å². The highest BCUT2D eigenvalue weighted by atomic mass is 35.5. The molecule has 0 aliphatic carbocycles. The van der Waals surface area contributed by atoms with Gasteiger partial charge in [-0.15, -0.1) is 21.5 Å². The average Bonchev–Trinajstić information content (AvgIpc) is 2.75. The van der Waals surface area contributed by atoms with Crippen LogP contribution in [0.4, 0.5) is 0 Å². The van der Waals surface area contributed by atoms with Crippen LogP contribution in [0, 0.1) is 0 Å². The zero-order valence-corrected chi connectivity index (χ0v) is 10.3. The van der Waals surface area contributed by atoms with E-state index in [2.05, 4.69) is 10.2 Å². The van der Waals surface area contributed by atoms with E-state index in [0.717, 1.165) is 9.21 Å². The van der Waals surface area contributed by atoms with Gasteiger partial charge in [-0.3, -0.25) is 4.21 Å². The fourth-order valence-electron chi connectivity index (χ4n) is 1.18. The molecule has 2 rings (SSSR count). The van der Waals surface area contributed by atoms with Crippen LogP contribution in [0.3, 0.4) is 0 Å². The maximum absolute atomic E-state index is 11.3. The van der Waals surface area contributed by atoms with Gasteiger partial charge in [0.05, 0.1) is 21.7 Å². The standard InChI is InChI=1S/C8H8ClN3OS2/c1-15(13)8-11-10-5-12(8)4-6-2-3-7(9)14-6/h2-3,5H,4H2,1H3/t15-/m0/s1. The van der Waals surface area contributed by atoms with Crippen LogP contribution in [0.2, 0.25) is 4.34 Å². The molecule has 7 heteroatoms. The van der Waals surface area contributed by atoms with Crippen LogP contribution in [-0.4, -0.2) is 25.2 Å². The van der Waals surface area contributed by atoms with Gasteiger partial charge in [-0.05, 0) is 12.1 Å². The van der Waals surface area contributed by atoms with Crippen molar-refractivity contribution in [1.29, 1.82) is 0 Å². The molecule has 0 amide bonds. The maximum Gasteiger partial charge on any atom is 0.221 e. The molecule has 2 aromatic rings. The molecule has 4 nitrogen and oxygen atoms in total. The van der Waals surface area contributed by atoms with E-state index in [-0.39, 0.29) is 0 Å². The zero-order valence-electron chi connectivity index (χ0n) is 7.88. The molecule has 0 aromatic carbocycles. The Labute approximate surface area is 98.4 Å². The fourth-order valence-corrected chi connectivity index (χ4v) is 2.87. The molecule has 2 aromatic heterocycles. The first kappa shape index (κ1) is 10.8. The molecular formula is C8H8ClN3OS2. The summed E-state index contributed by atoms with van der Waals surface area (Å²) >= 11 is 7.32. The molecule has 1 atom stereocenters. The number of nitrogens with zero attached hydrogens (tertiary/aromatic N) is 3. The third-order valence-electron chi connectivity index (χ3n) is 1.79. The Morgan fingerprint density at radius 1 is 1.60 bits per heavy atom. The number of halogens is 1. The van der Waals surface area contributed by atoms with Gasteiger partial charge in [0.1, 0.15) is 6.33 Å². The average molecular weight is 262 g/mol. The van der Waals surface area contributed by atoms with Gasteiger partial charge in [-0.1, -0.05) is 11.6 Å². The first-order valence-electron chi connectivity index (χ1n) is 4.12. The Morgan fingerprint density at radius 2 is 2.40 bits per heavy atom. The summed E-state index contributed by atoms with van der Waals surface area (Å²) in [5, 5.41) is 8.03. The molecule has 0 spiro atoms. The molecule has 80 valence electrons. The Kier molecular flexibility index (Phi) is 3.18. The number of rotatable bonds is 3. The van der Waals surface area contributed by atoms with E-state index in [1.54, 1.807) is 17.2 Å². The smallest absolute Gasteiger partial charge is 0.221 e. The molecule has 0 fully saturated rings. The lowest BCUT2D eigenvalue weighted by Gasteiger charge is -2.01. The minimum atomic E-state index is -1.12. The van der Waals surface area contributed by atoms with E-state index in [1.165, 1.54) is 11.3 Å². The van der Waals surface area contributed by atoms with Crippen molar-refractivity contribution in [3.63, 3.8) is 0 Å². The predicted octanol–water partition coefficient (Wildman–Crippen LogP) is 1.78. The SMILES string of the molecule is C[S@](=O)c1nncn1Cc1ccc(Cl)s1.